The minimum absolute atomic E-state index is 0.0257. The van der Waals surface area contributed by atoms with Gasteiger partial charge in [-0.05, 0) is 20.3 Å². The first-order valence-electron chi connectivity index (χ1n) is 5.83. The van der Waals surface area contributed by atoms with Crippen molar-refractivity contribution in [2.45, 2.75) is 27.2 Å². The van der Waals surface area contributed by atoms with Crippen molar-refractivity contribution in [2.75, 3.05) is 6.54 Å². The van der Waals surface area contributed by atoms with Crippen molar-refractivity contribution in [3.63, 3.8) is 0 Å². The molecule has 0 aromatic carbocycles. The monoisotopic (exact) mass is 233 g/mol. The van der Waals surface area contributed by atoms with Gasteiger partial charge in [0.05, 0.1) is 0 Å². The standard InChI is InChI=1S/C14H19NO2/c1-5-7-15-8-13(10(3)16)12(6-2)14(9-15)11(4)17/h5,8-9,12H,1,6-7H2,2-4H3. The minimum atomic E-state index is -0.0638. The lowest BCUT2D eigenvalue weighted by Crippen LogP contribution is -2.27. The Morgan fingerprint density at radius 1 is 1.29 bits per heavy atom. The van der Waals surface area contributed by atoms with E-state index in [2.05, 4.69) is 6.58 Å². The third-order valence-corrected chi connectivity index (χ3v) is 2.92. The lowest BCUT2D eigenvalue weighted by Gasteiger charge is -2.28. The average molecular weight is 233 g/mol. The summed E-state index contributed by atoms with van der Waals surface area (Å²) in [6.07, 6.45) is 6.16. The summed E-state index contributed by atoms with van der Waals surface area (Å²) in [5.41, 5.74) is 1.42. The second-order valence-electron chi connectivity index (χ2n) is 4.23. The summed E-state index contributed by atoms with van der Waals surface area (Å²) in [6, 6.07) is 0. The Morgan fingerprint density at radius 3 is 2.06 bits per heavy atom. The van der Waals surface area contributed by atoms with Crippen molar-refractivity contribution in [3.8, 4) is 0 Å². The molecule has 0 aromatic rings. The zero-order chi connectivity index (χ0) is 13.0. The van der Waals surface area contributed by atoms with Gasteiger partial charge >= 0.3 is 0 Å². The maximum absolute atomic E-state index is 11.6. The lowest BCUT2D eigenvalue weighted by molar-refractivity contribution is -0.114. The van der Waals surface area contributed by atoms with Crippen LogP contribution in [0, 0.1) is 5.92 Å². The fourth-order valence-electron chi connectivity index (χ4n) is 2.11. The maximum atomic E-state index is 11.6. The smallest absolute Gasteiger partial charge is 0.157 e. The van der Waals surface area contributed by atoms with E-state index in [0.29, 0.717) is 17.7 Å². The summed E-state index contributed by atoms with van der Waals surface area (Å²) in [4.78, 5) is 25.1. The Morgan fingerprint density at radius 2 is 1.76 bits per heavy atom. The number of carbonyl (C=O) groups is 2. The Kier molecular flexibility index (Phi) is 4.44. The van der Waals surface area contributed by atoms with Crippen LogP contribution in [-0.4, -0.2) is 23.0 Å². The van der Waals surface area contributed by atoms with Gasteiger partial charge in [0.15, 0.2) is 11.6 Å². The van der Waals surface area contributed by atoms with Crippen LogP contribution in [0.4, 0.5) is 0 Å². The minimum Gasteiger partial charge on any atom is -0.350 e. The molecule has 1 aliphatic heterocycles. The highest BCUT2D eigenvalue weighted by molar-refractivity contribution is 6.00. The molecule has 0 fully saturated rings. The zero-order valence-corrected chi connectivity index (χ0v) is 10.7. The van der Waals surface area contributed by atoms with Gasteiger partial charge in [0.2, 0.25) is 0 Å². The van der Waals surface area contributed by atoms with Gasteiger partial charge in [-0.25, -0.2) is 0 Å². The molecule has 0 saturated heterocycles. The molecule has 1 heterocycles. The van der Waals surface area contributed by atoms with E-state index in [1.165, 1.54) is 0 Å². The maximum Gasteiger partial charge on any atom is 0.157 e. The summed E-state index contributed by atoms with van der Waals surface area (Å²) in [7, 11) is 0. The SMILES string of the molecule is C=CCN1C=C(C(C)=O)C(CC)C(C(C)=O)=C1. The Bertz CT molecular complexity index is 372. The molecule has 1 aliphatic rings. The number of nitrogens with zero attached hydrogens (tertiary/aromatic N) is 1. The molecular formula is C14H19NO2. The Labute approximate surface area is 102 Å². The molecule has 0 saturated carbocycles. The first kappa shape index (κ1) is 13.4. The van der Waals surface area contributed by atoms with E-state index in [4.69, 9.17) is 0 Å². The van der Waals surface area contributed by atoms with Crippen LogP contribution in [0.5, 0.6) is 0 Å². The van der Waals surface area contributed by atoms with Crippen LogP contribution in [0.15, 0.2) is 36.2 Å². The molecule has 0 bridgehead atoms. The highest BCUT2D eigenvalue weighted by Gasteiger charge is 2.27. The molecule has 0 radical (unpaired) electrons. The van der Waals surface area contributed by atoms with Gasteiger partial charge in [0.25, 0.3) is 0 Å². The number of ketones is 2. The van der Waals surface area contributed by atoms with E-state index in [9.17, 15) is 9.59 Å². The molecule has 3 heteroatoms. The first-order valence-corrected chi connectivity index (χ1v) is 5.83. The van der Waals surface area contributed by atoms with Gasteiger partial charge in [-0.15, -0.1) is 6.58 Å². The van der Waals surface area contributed by atoms with Crippen molar-refractivity contribution in [3.05, 3.63) is 36.2 Å². The van der Waals surface area contributed by atoms with Crippen LogP contribution in [0.1, 0.15) is 27.2 Å². The summed E-state index contributed by atoms with van der Waals surface area (Å²) >= 11 is 0. The van der Waals surface area contributed by atoms with Gasteiger partial charge in [0, 0.05) is 36.0 Å². The van der Waals surface area contributed by atoms with E-state index >= 15 is 0 Å². The third kappa shape index (κ3) is 2.93. The van der Waals surface area contributed by atoms with Crippen molar-refractivity contribution in [1.82, 2.24) is 4.90 Å². The summed E-state index contributed by atoms with van der Waals surface area (Å²) in [5, 5.41) is 0. The van der Waals surface area contributed by atoms with Gasteiger partial charge in [-0.1, -0.05) is 13.0 Å². The molecule has 3 nitrogen and oxygen atoms in total. The highest BCUT2D eigenvalue weighted by Crippen LogP contribution is 2.30. The molecule has 0 amide bonds. The van der Waals surface area contributed by atoms with Gasteiger partial charge < -0.3 is 4.90 Å². The number of Topliss-reactive ketones (excluding diaryl/α,β-unsaturated/α-hetero) is 2. The number of carbonyl (C=O) groups excluding carboxylic acids is 2. The third-order valence-electron chi connectivity index (χ3n) is 2.92. The van der Waals surface area contributed by atoms with Crippen LogP contribution in [0.25, 0.3) is 0 Å². The molecule has 0 atom stereocenters. The first-order chi connectivity index (χ1) is 8.01. The quantitative estimate of drug-likeness (QED) is 0.684. The van der Waals surface area contributed by atoms with E-state index in [1.807, 2.05) is 24.2 Å². The van der Waals surface area contributed by atoms with E-state index in [0.717, 1.165) is 6.42 Å². The van der Waals surface area contributed by atoms with Crippen molar-refractivity contribution >= 4 is 11.6 Å². The summed E-state index contributed by atoms with van der Waals surface area (Å²) in [5.74, 6) is -0.0124. The number of hydrogen-bond acceptors (Lipinski definition) is 3. The Balaban J connectivity index is 3.16. The van der Waals surface area contributed by atoms with E-state index in [-0.39, 0.29) is 17.5 Å². The molecule has 1 rings (SSSR count). The fourth-order valence-corrected chi connectivity index (χ4v) is 2.11. The molecule has 0 unspecified atom stereocenters. The van der Waals surface area contributed by atoms with Gasteiger partial charge in [-0.3, -0.25) is 9.59 Å². The van der Waals surface area contributed by atoms with Crippen LogP contribution < -0.4 is 0 Å². The highest BCUT2D eigenvalue weighted by atomic mass is 16.1. The van der Waals surface area contributed by atoms with Gasteiger partial charge in [-0.2, -0.15) is 0 Å². The molecule has 17 heavy (non-hydrogen) atoms. The number of rotatable bonds is 5. The van der Waals surface area contributed by atoms with Crippen LogP contribution in [0.2, 0.25) is 0 Å². The number of hydrogen-bond donors (Lipinski definition) is 0. The Hall–Kier alpha value is -1.64. The molecule has 0 aliphatic carbocycles. The predicted molar refractivity (Wildman–Crippen MR) is 68.2 cm³/mol. The van der Waals surface area contributed by atoms with E-state index < -0.39 is 0 Å². The summed E-state index contributed by atoms with van der Waals surface area (Å²) < 4.78 is 0. The van der Waals surface area contributed by atoms with Crippen molar-refractivity contribution in [2.24, 2.45) is 5.92 Å². The van der Waals surface area contributed by atoms with Crippen LogP contribution in [-0.2, 0) is 9.59 Å². The van der Waals surface area contributed by atoms with Crippen LogP contribution >= 0.6 is 0 Å². The van der Waals surface area contributed by atoms with Crippen molar-refractivity contribution < 1.29 is 9.59 Å². The normalized spacial score (nSPS) is 16.3. The topological polar surface area (TPSA) is 37.4 Å². The number of allylic oxidation sites excluding steroid dienone is 2. The fraction of sp³-hybridized carbons (Fsp3) is 0.429. The van der Waals surface area contributed by atoms with Crippen LogP contribution in [0.3, 0.4) is 0 Å². The second-order valence-corrected chi connectivity index (χ2v) is 4.23. The molecular weight excluding hydrogens is 214 g/mol. The predicted octanol–water partition coefficient (Wildman–Crippen LogP) is 2.46. The average Bonchev–Trinajstić information content (AvgIpc) is 2.28. The largest absolute Gasteiger partial charge is 0.350 e. The summed E-state index contributed by atoms with van der Waals surface area (Å²) in [6.45, 7) is 9.34. The zero-order valence-electron chi connectivity index (χ0n) is 10.7. The molecule has 0 N–H and O–H groups in total. The molecule has 0 aromatic heterocycles. The van der Waals surface area contributed by atoms with E-state index in [1.54, 1.807) is 19.9 Å². The van der Waals surface area contributed by atoms with Gasteiger partial charge in [0.1, 0.15) is 0 Å². The second kappa shape index (κ2) is 5.62. The molecule has 0 spiro atoms. The van der Waals surface area contributed by atoms with Crippen molar-refractivity contribution in [1.29, 1.82) is 0 Å². The lowest BCUT2D eigenvalue weighted by atomic mass is 9.84. The molecule has 92 valence electrons.